The van der Waals surface area contributed by atoms with Gasteiger partial charge in [-0.15, -0.1) is 11.3 Å². The van der Waals surface area contributed by atoms with Gasteiger partial charge >= 0.3 is 0 Å². The fourth-order valence-corrected chi connectivity index (χ4v) is 2.98. The molecule has 1 N–H and O–H groups in total. The Morgan fingerprint density at radius 3 is 2.90 bits per heavy atom. The first kappa shape index (κ1) is 13.8. The normalized spacial score (nSPS) is 10.9. The molecule has 1 aromatic carbocycles. The molecular formula is C16H17N3OS. The number of nitrogens with one attached hydrogen (secondary N) is 1. The highest BCUT2D eigenvalue weighted by molar-refractivity contribution is 7.09. The predicted molar refractivity (Wildman–Crippen MR) is 85.2 cm³/mol. The van der Waals surface area contributed by atoms with Crippen molar-refractivity contribution in [3.8, 4) is 0 Å². The van der Waals surface area contributed by atoms with Crippen molar-refractivity contribution in [1.29, 1.82) is 0 Å². The second-order valence-corrected chi connectivity index (χ2v) is 6.06. The maximum absolute atomic E-state index is 12.1. The molecule has 0 saturated carbocycles. The predicted octanol–water partition coefficient (Wildman–Crippen LogP) is 3.22. The number of carbonyl (C=O) groups is 1. The van der Waals surface area contributed by atoms with Gasteiger partial charge in [-0.05, 0) is 30.0 Å². The Kier molecular flexibility index (Phi) is 4.01. The molecule has 3 aromatic rings. The van der Waals surface area contributed by atoms with Gasteiger partial charge in [0.05, 0.1) is 17.6 Å². The van der Waals surface area contributed by atoms with E-state index in [9.17, 15) is 4.79 Å². The van der Waals surface area contributed by atoms with E-state index >= 15 is 0 Å². The monoisotopic (exact) mass is 299 g/mol. The van der Waals surface area contributed by atoms with Crippen molar-refractivity contribution in [2.45, 2.75) is 19.4 Å². The van der Waals surface area contributed by atoms with Crippen molar-refractivity contribution in [2.75, 3.05) is 7.05 Å². The van der Waals surface area contributed by atoms with Gasteiger partial charge < -0.3 is 9.88 Å². The molecular weight excluding hydrogens is 282 g/mol. The number of carbonyl (C=O) groups excluding carboxylic acids is 1. The van der Waals surface area contributed by atoms with E-state index in [1.807, 2.05) is 42.8 Å². The number of para-hydroxylation sites is 2. The van der Waals surface area contributed by atoms with Crippen molar-refractivity contribution >= 4 is 28.3 Å². The Bertz CT molecular complexity index is 700. The molecule has 0 spiro atoms. The molecule has 3 rings (SSSR count). The minimum atomic E-state index is 0.142. The number of benzene rings is 1. The summed E-state index contributed by atoms with van der Waals surface area (Å²) in [6.45, 7) is 0.512. The summed E-state index contributed by atoms with van der Waals surface area (Å²) in [6.07, 6.45) is 1.35. The lowest BCUT2D eigenvalue weighted by Gasteiger charge is -2.15. The molecule has 2 aromatic heterocycles. The average Bonchev–Trinajstić information content (AvgIpc) is 3.13. The lowest BCUT2D eigenvalue weighted by atomic mass is 10.2. The summed E-state index contributed by atoms with van der Waals surface area (Å²) in [5.41, 5.74) is 1.94. The van der Waals surface area contributed by atoms with Crippen LogP contribution >= 0.6 is 11.3 Å². The SMILES string of the molecule is CN(Cc1nc2ccccc2[nH]1)C(=O)CCc1cccs1. The maximum atomic E-state index is 12.1. The summed E-state index contributed by atoms with van der Waals surface area (Å²) in [5, 5.41) is 2.04. The molecule has 0 radical (unpaired) electrons. The van der Waals surface area contributed by atoms with Gasteiger partial charge in [0, 0.05) is 18.3 Å². The third-order valence-corrected chi connectivity index (χ3v) is 4.35. The van der Waals surface area contributed by atoms with E-state index in [2.05, 4.69) is 16.0 Å². The molecule has 0 aliphatic heterocycles. The van der Waals surface area contributed by atoms with Crippen molar-refractivity contribution in [2.24, 2.45) is 0 Å². The highest BCUT2D eigenvalue weighted by Crippen LogP contribution is 2.13. The number of aromatic nitrogens is 2. The molecule has 0 atom stereocenters. The second-order valence-electron chi connectivity index (χ2n) is 5.03. The Hall–Kier alpha value is -2.14. The van der Waals surface area contributed by atoms with Gasteiger partial charge in [-0.1, -0.05) is 18.2 Å². The maximum Gasteiger partial charge on any atom is 0.223 e. The zero-order chi connectivity index (χ0) is 14.7. The third kappa shape index (κ3) is 3.31. The summed E-state index contributed by atoms with van der Waals surface area (Å²) in [7, 11) is 1.82. The number of nitrogens with zero attached hydrogens (tertiary/aromatic N) is 2. The number of hydrogen-bond acceptors (Lipinski definition) is 3. The summed E-state index contributed by atoms with van der Waals surface area (Å²) in [4.78, 5) is 22.9. The number of amides is 1. The zero-order valence-corrected chi connectivity index (χ0v) is 12.7. The second kappa shape index (κ2) is 6.10. The van der Waals surface area contributed by atoms with Gasteiger partial charge in [0.15, 0.2) is 0 Å². The molecule has 0 aliphatic rings. The van der Waals surface area contributed by atoms with Crippen molar-refractivity contribution in [3.63, 3.8) is 0 Å². The van der Waals surface area contributed by atoms with E-state index in [0.29, 0.717) is 13.0 Å². The minimum absolute atomic E-state index is 0.142. The largest absolute Gasteiger partial charge is 0.340 e. The quantitative estimate of drug-likeness (QED) is 0.786. The molecule has 0 bridgehead atoms. The van der Waals surface area contributed by atoms with Crippen molar-refractivity contribution < 1.29 is 4.79 Å². The van der Waals surface area contributed by atoms with E-state index in [1.165, 1.54) is 4.88 Å². The molecule has 0 saturated heterocycles. The van der Waals surface area contributed by atoms with Crippen LogP contribution in [-0.2, 0) is 17.8 Å². The molecule has 0 aliphatic carbocycles. The number of imidazole rings is 1. The van der Waals surface area contributed by atoms with E-state index in [-0.39, 0.29) is 5.91 Å². The molecule has 1 amide bonds. The lowest BCUT2D eigenvalue weighted by Crippen LogP contribution is -2.26. The topological polar surface area (TPSA) is 49.0 Å². The third-order valence-electron chi connectivity index (χ3n) is 3.42. The van der Waals surface area contributed by atoms with E-state index in [1.54, 1.807) is 16.2 Å². The van der Waals surface area contributed by atoms with E-state index in [0.717, 1.165) is 23.3 Å². The number of rotatable bonds is 5. The number of H-pyrrole nitrogens is 1. The molecule has 4 nitrogen and oxygen atoms in total. The van der Waals surface area contributed by atoms with Crippen LogP contribution in [0.5, 0.6) is 0 Å². The van der Waals surface area contributed by atoms with Crippen LogP contribution in [0.3, 0.4) is 0 Å². The first-order valence-electron chi connectivity index (χ1n) is 6.92. The number of hydrogen-bond donors (Lipinski definition) is 1. The van der Waals surface area contributed by atoms with Gasteiger partial charge in [0.25, 0.3) is 0 Å². The fraction of sp³-hybridized carbons (Fsp3) is 0.250. The van der Waals surface area contributed by atoms with Crippen LogP contribution in [0.4, 0.5) is 0 Å². The summed E-state index contributed by atoms with van der Waals surface area (Å²) in [6, 6.07) is 12.0. The summed E-state index contributed by atoms with van der Waals surface area (Å²) in [5.74, 6) is 0.965. The average molecular weight is 299 g/mol. The summed E-state index contributed by atoms with van der Waals surface area (Å²) >= 11 is 1.69. The fourth-order valence-electron chi connectivity index (χ4n) is 2.27. The lowest BCUT2D eigenvalue weighted by molar-refractivity contribution is -0.130. The standard InChI is InChI=1S/C16H17N3OS/c1-19(16(20)9-8-12-5-4-10-21-12)11-15-17-13-6-2-3-7-14(13)18-15/h2-7,10H,8-9,11H2,1H3,(H,17,18). The first-order chi connectivity index (χ1) is 10.2. The molecule has 0 unspecified atom stereocenters. The highest BCUT2D eigenvalue weighted by Gasteiger charge is 2.12. The zero-order valence-electron chi connectivity index (χ0n) is 11.9. The number of thiophene rings is 1. The number of aryl methyl sites for hydroxylation is 1. The number of fused-ring (bicyclic) bond motifs is 1. The van der Waals surface area contributed by atoms with Gasteiger partial charge in [-0.25, -0.2) is 4.98 Å². The Labute approximate surface area is 127 Å². The molecule has 2 heterocycles. The summed E-state index contributed by atoms with van der Waals surface area (Å²) < 4.78 is 0. The van der Waals surface area contributed by atoms with Crippen LogP contribution < -0.4 is 0 Å². The smallest absolute Gasteiger partial charge is 0.223 e. The van der Waals surface area contributed by atoms with Crippen LogP contribution in [0.2, 0.25) is 0 Å². The van der Waals surface area contributed by atoms with Gasteiger partial charge in [-0.2, -0.15) is 0 Å². The molecule has 108 valence electrons. The van der Waals surface area contributed by atoms with Crippen molar-refractivity contribution in [3.05, 3.63) is 52.5 Å². The molecule has 21 heavy (non-hydrogen) atoms. The van der Waals surface area contributed by atoms with Gasteiger partial charge in [0.2, 0.25) is 5.91 Å². The van der Waals surface area contributed by atoms with Crippen molar-refractivity contribution in [1.82, 2.24) is 14.9 Å². The molecule has 5 heteroatoms. The van der Waals surface area contributed by atoms with Crippen LogP contribution in [0, 0.1) is 0 Å². The van der Waals surface area contributed by atoms with Crippen LogP contribution in [0.1, 0.15) is 17.1 Å². The minimum Gasteiger partial charge on any atom is -0.340 e. The van der Waals surface area contributed by atoms with Crippen LogP contribution in [0.15, 0.2) is 41.8 Å². The van der Waals surface area contributed by atoms with Gasteiger partial charge in [-0.3, -0.25) is 4.79 Å². The Morgan fingerprint density at radius 2 is 2.14 bits per heavy atom. The first-order valence-corrected chi connectivity index (χ1v) is 7.80. The number of aromatic amines is 1. The van der Waals surface area contributed by atoms with Gasteiger partial charge in [0.1, 0.15) is 5.82 Å². The van der Waals surface area contributed by atoms with Crippen LogP contribution in [0.25, 0.3) is 11.0 Å². The Balaban J connectivity index is 1.59. The Morgan fingerprint density at radius 1 is 1.29 bits per heavy atom. The molecule has 0 fully saturated rings. The highest BCUT2D eigenvalue weighted by atomic mass is 32.1. The van der Waals surface area contributed by atoms with E-state index < -0.39 is 0 Å². The van der Waals surface area contributed by atoms with E-state index in [4.69, 9.17) is 0 Å². The van der Waals surface area contributed by atoms with Crippen LogP contribution in [-0.4, -0.2) is 27.8 Å².